The second-order valence-corrected chi connectivity index (χ2v) is 5.21. The quantitative estimate of drug-likeness (QED) is 0.731. The van der Waals surface area contributed by atoms with E-state index < -0.39 is 5.97 Å². The molecule has 1 aromatic carbocycles. The summed E-state index contributed by atoms with van der Waals surface area (Å²) in [5, 5.41) is 14.3. The molecule has 0 saturated carbocycles. The molecule has 1 amide bonds. The number of pyridine rings is 1. The molecular formula is C17H19N3O3. The van der Waals surface area contributed by atoms with E-state index in [1.807, 2.05) is 6.92 Å². The summed E-state index contributed by atoms with van der Waals surface area (Å²) in [6.07, 6.45) is 1.30. The molecule has 2 rings (SSSR count). The third-order valence-corrected chi connectivity index (χ3v) is 3.21. The van der Waals surface area contributed by atoms with Crippen molar-refractivity contribution >= 4 is 23.4 Å². The molecule has 0 unspecified atom stereocenters. The normalized spacial score (nSPS) is 10.1. The van der Waals surface area contributed by atoms with E-state index in [9.17, 15) is 9.59 Å². The molecule has 0 bridgehead atoms. The highest BCUT2D eigenvalue weighted by molar-refractivity contribution is 5.92. The van der Waals surface area contributed by atoms with Crippen LogP contribution in [0.2, 0.25) is 0 Å². The van der Waals surface area contributed by atoms with Gasteiger partial charge in [-0.15, -0.1) is 0 Å². The second kappa shape index (κ2) is 7.93. The van der Waals surface area contributed by atoms with Gasteiger partial charge in [0.2, 0.25) is 5.91 Å². The zero-order chi connectivity index (χ0) is 16.7. The topological polar surface area (TPSA) is 91.3 Å². The van der Waals surface area contributed by atoms with Gasteiger partial charge in [0, 0.05) is 13.0 Å². The molecular weight excluding hydrogens is 294 g/mol. The number of hydrogen-bond donors (Lipinski definition) is 3. The maximum atomic E-state index is 11.5. The Morgan fingerprint density at radius 2 is 1.83 bits per heavy atom. The number of hydrogen-bond acceptors (Lipinski definition) is 4. The standard InChI is InChI=1S/C17H19N3O3/c1-12-2-4-13(5-3-12)10-18-15-7-6-14(11-19-15)20-16(21)8-9-17(22)23/h2-7,11H,8-10H2,1H3,(H,18,19)(H,20,21)(H,22,23). The molecule has 1 aromatic heterocycles. The first-order chi connectivity index (χ1) is 11.0. The van der Waals surface area contributed by atoms with Crippen LogP contribution in [0.1, 0.15) is 24.0 Å². The minimum absolute atomic E-state index is 0.0528. The molecule has 0 fully saturated rings. The molecule has 0 atom stereocenters. The molecule has 23 heavy (non-hydrogen) atoms. The molecule has 1 heterocycles. The third-order valence-electron chi connectivity index (χ3n) is 3.21. The third kappa shape index (κ3) is 5.78. The molecule has 0 aliphatic carbocycles. The molecule has 0 aliphatic heterocycles. The van der Waals surface area contributed by atoms with Crippen LogP contribution in [0, 0.1) is 6.92 Å². The van der Waals surface area contributed by atoms with Crippen LogP contribution >= 0.6 is 0 Å². The predicted molar refractivity (Wildman–Crippen MR) is 88.2 cm³/mol. The first kappa shape index (κ1) is 16.5. The number of amides is 1. The Morgan fingerprint density at radius 1 is 1.09 bits per heavy atom. The van der Waals surface area contributed by atoms with Crippen LogP contribution < -0.4 is 10.6 Å². The zero-order valence-corrected chi connectivity index (χ0v) is 12.9. The lowest BCUT2D eigenvalue weighted by atomic mass is 10.1. The number of aryl methyl sites for hydroxylation is 1. The van der Waals surface area contributed by atoms with Crippen LogP contribution in [0.5, 0.6) is 0 Å². The van der Waals surface area contributed by atoms with E-state index >= 15 is 0 Å². The average molecular weight is 313 g/mol. The summed E-state index contributed by atoms with van der Waals surface area (Å²) in [6, 6.07) is 11.7. The van der Waals surface area contributed by atoms with E-state index in [0.29, 0.717) is 18.1 Å². The van der Waals surface area contributed by atoms with Crippen molar-refractivity contribution in [3.8, 4) is 0 Å². The minimum atomic E-state index is -0.992. The summed E-state index contributed by atoms with van der Waals surface area (Å²) in [5.74, 6) is -0.627. The lowest BCUT2D eigenvalue weighted by Gasteiger charge is -2.08. The van der Waals surface area contributed by atoms with Crippen LogP contribution in [0.4, 0.5) is 11.5 Å². The van der Waals surface area contributed by atoms with Gasteiger partial charge in [-0.25, -0.2) is 4.98 Å². The zero-order valence-electron chi connectivity index (χ0n) is 12.9. The summed E-state index contributed by atoms with van der Waals surface area (Å²) < 4.78 is 0. The van der Waals surface area contributed by atoms with Crippen molar-refractivity contribution < 1.29 is 14.7 Å². The molecule has 0 radical (unpaired) electrons. The fraction of sp³-hybridized carbons (Fsp3) is 0.235. The number of nitrogens with zero attached hydrogens (tertiary/aromatic N) is 1. The van der Waals surface area contributed by atoms with Gasteiger partial charge in [0.05, 0.1) is 18.3 Å². The van der Waals surface area contributed by atoms with Gasteiger partial charge < -0.3 is 15.7 Å². The summed E-state index contributed by atoms with van der Waals surface area (Å²) in [7, 11) is 0. The highest BCUT2D eigenvalue weighted by Gasteiger charge is 2.06. The summed E-state index contributed by atoms with van der Waals surface area (Å²) >= 11 is 0. The largest absolute Gasteiger partial charge is 0.481 e. The van der Waals surface area contributed by atoms with Crippen molar-refractivity contribution in [3.63, 3.8) is 0 Å². The highest BCUT2D eigenvalue weighted by atomic mass is 16.4. The van der Waals surface area contributed by atoms with Gasteiger partial charge >= 0.3 is 5.97 Å². The molecule has 0 aliphatic rings. The summed E-state index contributed by atoms with van der Waals surface area (Å²) in [5.41, 5.74) is 2.92. The Kier molecular flexibility index (Phi) is 5.68. The van der Waals surface area contributed by atoms with Crippen molar-refractivity contribution in [2.75, 3.05) is 10.6 Å². The number of carbonyl (C=O) groups is 2. The van der Waals surface area contributed by atoms with E-state index in [1.165, 1.54) is 11.8 Å². The lowest BCUT2D eigenvalue weighted by Crippen LogP contribution is -2.13. The van der Waals surface area contributed by atoms with Crippen LogP contribution in [0.3, 0.4) is 0 Å². The monoisotopic (exact) mass is 313 g/mol. The number of aliphatic carboxylic acids is 1. The predicted octanol–water partition coefficient (Wildman–Crippen LogP) is 2.81. The van der Waals surface area contributed by atoms with Gasteiger partial charge in [0.1, 0.15) is 5.82 Å². The number of rotatable bonds is 7. The SMILES string of the molecule is Cc1ccc(CNc2ccc(NC(=O)CCC(=O)O)cn2)cc1. The van der Waals surface area contributed by atoms with Crippen molar-refractivity contribution in [3.05, 3.63) is 53.7 Å². The number of aromatic nitrogens is 1. The van der Waals surface area contributed by atoms with E-state index in [-0.39, 0.29) is 18.7 Å². The van der Waals surface area contributed by atoms with E-state index in [2.05, 4.69) is 39.9 Å². The first-order valence-corrected chi connectivity index (χ1v) is 7.30. The fourth-order valence-electron chi connectivity index (χ4n) is 1.91. The van der Waals surface area contributed by atoms with Crippen LogP contribution in [0.15, 0.2) is 42.6 Å². The fourth-order valence-corrected chi connectivity index (χ4v) is 1.91. The second-order valence-electron chi connectivity index (χ2n) is 5.21. The first-order valence-electron chi connectivity index (χ1n) is 7.30. The number of anilines is 2. The molecule has 120 valence electrons. The van der Waals surface area contributed by atoms with Crippen LogP contribution in [-0.2, 0) is 16.1 Å². The molecule has 6 heteroatoms. The molecule has 3 N–H and O–H groups in total. The Morgan fingerprint density at radius 3 is 2.43 bits per heavy atom. The number of carbonyl (C=O) groups excluding carboxylic acids is 1. The van der Waals surface area contributed by atoms with E-state index in [1.54, 1.807) is 12.1 Å². The summed E-state index contributed by atoms with van der Waals surface area (Å²) in [4.78, 5) is 26.1. The van der Waals surface area contributed by atoms with Crippen molar-refractivity contribution in [2.24, 2.45) is 0 Å². The Balaban J connectivity index is 1.83. The van der Waals surface area contributed by atoms with Gasteiger partial charge in [0.25, 0.3) is 0 Å². The maximum absolute atomic E-state index is 11.5. The molecule has 6 nitrogen and oxygen atoms in total. The minimum Gasteiger partial charge on any atom is -0.481 e. The Hall–Kier alpha value is -2.89. The van der Waals surface area contributed by atoms with Crippen molar-refractivity contribution in [1.29, 1.82) is 0 Å². The highest BCUT2D eigenvalue weighted by Crippen LogP contribution is 2.12. The van der Waals surface area contributed by atoms with Gasteiger partial charge in [-0.05, 0) is 24.6 Å². The van der Waals surface area contributed by atoms with Crippen LogP contribution in [-0.4, -0.2) is 22.0 Å². The van der Waals surface area contributed by atoms with E-state index in [4.69, 9.17) is 5.11 Å². The molecule has 0 spiro atoms. The molecule has 2 aromatic rings. The summed E-state index contributed by atoms with van der Waals surface area (Å²) in [6.45, 7) is 2.71. The number of nitrogens with one attached hydrogen (secondary N) is 2. The van der Waals surface area contributed by atoms with Gasteiger partial charge in [0.15, 0.2) is 0 Å². The Bertz CT molecular complexity index is 666. The van der Waals surface area contributed by atoms with Crippen molar-refractivity contribution in [2.45, 2.75) is 26.3 Å². The van der Waals surface area contributed by atoms with Crippen molar-refractivity contribution in [1.82, 2.24) is 4.98 Å². The van der Waals surface area contributed by atoms with Gasteiger partial charge in [-0.3, -0.25) is 9.59 Å². The molecule has 0 saturated heterocycles. The van der Waals surface area contributed by atoms with Gasteiger partial charge in [-0.2, -0.15) is 0 Å². The average Bonchev–Trinajstić information content (AvgIpc) is 2.54. The van der Waals surface area contributed by atoms with E-state index in [0.717, 1.165) is 5.56 Å². The number of carboxylic acid groups (broad SMARTS) is 1. The number of carboxylic acids is 1. The lowest BCUT2D eigenvalue weighted by molar-refractivity contribution is -0.138. The van der Waals surface area contributed by atoms with Crippen LogP contribution in [0.25, 0.3) is 0 Å². The Labute approximate surface area is 134 Å². The number of benzene rings is 1. The smallest absolute Gasteiger partial charge is 0.303 e. The maximum Gasteiger partial charge on any atom is 0.303 e. The van der Waals surface area contributed by atoms with Gasteiger partial charge in [-0.1, -0.05) is 29.8 Å².